The average molecular weight is 251 g/mol. The van der Waals surface area contributed by atoms with E-state index in [0.29, 0.717) is 10.8 Å². The third-order valence-corrected chi connectivity index (χ3v) is 3.16. The van der Waals surface area contributed by atoms with Gasteiger partial charge in [0.25, 0.3) is 0 Å². The second-order valence-electron chi connectivity index (χ2n) is 3.34. The van der Waals surface area contributed by atoms with Crippen LogP contribution in [0.25, 0.3) is 11.1 Å². The Balaban J connectivity index is 2.61. The summed E-state index contributed by atoms with van der Waals surface area (Å²) in [7, 11) is 1.61. The van der Waals surface area contributed by atoms with Gasteiger partial charge in [0.05, 0.1) is 12.1 Å². The maximum atomic E-state index is 6.26. The molecule has 0 aliphatic carbocycles. The van der Waals surface area contributed by atoms with Gasteiger partial charge in [0.1, 0.15) is 5.75 Å². The minimum atomic E-state index is 0.617. The van der Waals surface area contributed by atoms with Crippen molar-refractivity contribution in [1.29, 1.82) is 0 Å². The molecular weight excluding hydrogens is 240 g/mol. The van der Waals surface area contributed by atoms with E-state index in [1.54, 1.807) is 7.11 Å². The summed E-state index contributed by atoms with van der Waals surface area (Å²) in [6.07, 6.45) is 0. The van der Waals surface area contributed by atoms with Gasteiger partial charge in [-0.05, 0) is 17.7 Å². The van der Waals surface area contributed by atoms with Crippen molar-refractivity contribution in [1.82, 2.24) is 0 Å². The van der Waals surface area contributed by atoms with E-state index >= 15 is 0 Å². The normalized spacial score (nSPS) is 10.2. The second kappa shape index (κ2) is 4.81. The van der Waals surface area contributed by atoms with Gasteiger partial charge in [-0.3, -0.25) is 0 Å². The zero-order valence-corrected chi connectivity index (χ0v) is 10.4. The Morgan fingerprint density at radius 1 is 1.00 bits per heavy atom. The molecule has 3 heteroatoms. The summed E-state index contributed by atoms with van der Waals surface area (Å²) in [5, 5.41) is 0.617. The molecule has 0 radical (unpaired) electrons. The highest BCUT2D eigenvalue weighted by Gasteiger charge is 2.09. The van der Waals surface area contributed by atoms with Crippen LogP contribution in [0.2, 0.25) is 5.02 Å². The summed E-state index contributed by atoms with van der Waals surface area (Å²) in [4.78, 5) is 0.901. The highest BCUT2D eigenvalue weighted by molar-refractivity contribution is 7.80. The van der Waals surface area contributed by atoms with Crippen molar-refractivity contribution in [2.45, 2.75) is 4.90 Å². The molecule has 0 amide bonds. The second-order valence-corrected chi connectivity index (χ2v) is 4.20. The first-order chi connectivity index (χ1) is 7.74. The molecule has 0 unspecified atom stereocenters. The highest BCUT2D eigenvalue weighted by atomic mass is 35.5. The Labute approximate surface area is 105 Å². The lowest BCUT2D eigenvalue weighted by Gasteiger charge is -2.10. The Hall–Kier alpha value is -1.12. The summed E-state index contributed by atoms with van der Waals surface area (Å²) >= 11 is 10.7. The molecule has 0 aliphatic heterocycles. The smallest absolute Gasteiger partial charge is 0.138 e. The average Bonchev–Trinajstić information content (AvgIpc) is 2.31. The first-order valence-electron chi connectivity index (χ1n) is 4.85. The SMILES string of the molecule is COc1cccc(-c2ccccc2S)c1Cl. The van der Waals surface area contributed by atoms with Gasteiger partial charge in [0.15, 0.2) is 0 Å². The number of methoxy groups -OCH3 is 1. The van der Waals surface area contributed by atoms with Gasteiger partial charge in [0, 0.05) is 10.5 Å². The van der Waals surface area contributed by atoms with Crippen LogP contribution in [0.1, 0.15) is 0 Å². The van der Waals surface area contributed by atoms with Crippen LogP contribution in [0.5, 0.6) is 5.75 Å². The molecule has 1 nitrogen and oxygen atoms in total. The van der Waals surface area contributed by atoms with Crippen LogP contribution in [0.4, 0.5) is 0 Å². The molecule has 0 heterocycles. The van der Waals surface area contributed by atoms with Gasteiger partial charge >= 0.3 is 0 Å². The molecule has 0 N–H and O–H groups in total. The third-order valence-electron chi connectivity index (χ3n) is 2.38. The Morgan fingerprint density at radius 3 is 2.38 bits per heavy atom. The highest BCUT2D eigenvalue weighted by Crippen LogP contribution is 2.37. The van der Waals surface area contributed by atoms with Gasteiger partial charge in [-0.15, -0.1) is 12.6 Å². The van der Waals surface area contributed by atoms with E-state index in [4.69, 9.17) is 16.3 Å². The van der Waals surface area contributed by atoms with Gasteiger partial charge < -0.3 is 4.74 Å². The fourth-order valence-electron chi connectivity index (χ4n) is 1.58. The molecule has 0 bridgehead atoms. The van der Waals surface area contributed by atoms with E-state index in [2.05, 4.69) is 12.6 Å². The number of hydrogen-bond donors (Lipinski definition) is 1. The van der Waals surface area contributed by atoms with Crippen molar-refractivity contribution >= 4 is 24.2 Å². The molecule has 0 saturated heterocycles. The summed E-state index contributed by atoms with van der Waals surface area (Å²) < 4.78 is 5.19. The molecule has 2 aromatic rings. The molecule has 82 valence electrons. The van der Waals surface area contributed by atoms with Crippen molar-refractivity contribution in [2.24, 2.45) is 0 Å². The summed E-state index contributed by atoms with van der Waals surface area (Å²) in [5.41, 5.74) is 1.95. The molecule has 2 aromatic carbocycles. The monoisotopic (exact) mass is 250 g/mol. The van der Waals surface area contributed by atoms with Crippen LogP contribution in [0.15, 0.2) is 47.4 Å². The fraction of sp³-hybridized carbons (Fsp3) is 0.0769. The van der Waals surface area contributed by atoms with Gasteiger partial charge in [-0.1, -0.05) is 41.9 Å². The predicted molar refractivity (Wildman–Crippen MR) is 70.7 cm³/mol. The van der Waals surface area contributed by atoms with E-state index in [9.17, 15) is 0 Å². The standard InChI is InChI=1S/C13H11ClOS/c1-15-11-7-4-6-10(13(11)14)9-5-2-3-8-12(9)16/h2-8,16H,1H3. The van der Waals surface area contributed by atoms with Crippen LogP contribution in [-0.2, 0) is 0 Å². The zero-order chi connectivity index (χ0) is 11.5. The Morgan fingerprint density at radius 2 is 1.69 bits per heavy atom. The topological polar surface area (TPSA) is 9.23 Å². The molecule has 2 rings (SSSR count). The number of thiol groups is 1. The lowest BCUT2D eigenvalue weighted by Crippen LogP contribution is -1.87. The quantitative estimate of drug-likeness (QED) is 0.782. The molecule has 0 fully saturated rings. The lowest BCUT2D eigenvalue weighted by molar-refractivity contribution is 0.415. The minimum absolute atomic E-state index is 0.617. The number of hydrogen-bond acceptors (Lipinski definition) is 2. The molecular formula is C13H11ClOS. The molecule has 0 spiro atoms. The van der Waals surface area contributed by atoms with Crippen molar-refractivity contribution in [3.63, 3.8) is 0 Å². The van der Waals surface area contributed by atoms with Gasteiger partial charge in [-0.25, -0.2) is 0 Å². The van der Waals surface area contributed by atoms with Crippen LogP contribution in [0.3, 0.4) is 0 Å². The molecule has 16 heavy (non-hydrogen) atoms. The minimum Gasteiger partial charge on any atom is -0.495 e. The van der Waals surface area contributed by atoms with Gasteiger partial charge in [0.2, 0.25) is 0 Å². The van der Waals surface area contributed by atoms with Crippen LogP contribution < -0.4 is 4.74 Å². The van der Waals surface area contributed by atoms with E-state index in [-0.39, 0.29) is 0 Å². The first kappa shape index (κ1) is 11.4. The van der Waals surface area contributed by atoms with E-state index < -0.39 is 0 Å². The lowest BCUT2D eigenvalue weighted by atomic mass is 10.1. The molecule has 0 atom stereocenters. The first-order valence-corrected chi connectivity index (χ1v) is 5.67. The maximum absolute atomic E-state index is 6.26. The Kier molecular flexibility index (Phi) is 3.42. The molecule has 0 aliphatic rings. The molecule has 0 saturated carbocycles. The third kappa shape index (κ3) is 2.04. The fourth-order valence-corrected chi connectivity index (χ4v) is 2.16. The number of ether oxygens (including phenoxy) is 1. The van der Waals surface area contributed by atoms with Crippen molar-refractivity contribution in [2.75, 3.05) is 7.11 Å². The maximum Gasteiger partial charge on any atom is 0.138 e. The van der Waals surface area contributed by atoms with Crippen molar-refractivity contribution in [3.8, 4) is 16.9 Å². The summed E-state index contributed by atoms with van der Waals surface area (Å²) in [5.74, 6) is 0.677. The predicted octanol–water partition coefficient (Wildman–Crippen LogP) is 4.30. The van der Waals surface area contributed by atoms with E-state index in [1.807, 2.05) is 42.5 Å². The number of halogens is 1. The van der Waals surface area contributed by atoms with Crippen molar-refractivity contribution < 1.29 is 4.74 Å². The molecule has 0 aromatic heterocycles. The Bertz CT molecular complexity index is 511. The number of rotatable bonds is 2. The van der Waals surface area contributed by atoms with Crippen molar-refractivity contribution in [3.05, 3.63) is 47.5 Å². The summed E-state index contributed by atoms with van der Waals surface area (Å²) in [6.45, 7) is 0. The van der Waals surface area contributed by atoms with E-state index in [1.165, 1.54) is 0 Å². The number of benzene rings is 2. The zero-order valence-electron chi connectivity index (χ0n) is 8.77. The summed E-state index contributed by atoms with van der Waals surface area (Å²) in [6, 6.07) is 13.6. The van der Waals surface area contributed by atoms with Crippen LogP contribution in [0, 0.1) is 0 Å². The van der Waals surface area contributed by atoms with E-state index in [0.717, 1.165) is 16.0 Å². The van der Waals surface area contributed by atoms with Gasteiger partial charge in [-0.2, -0.15) is 0 Å². The van der Waals surface area contributed by atoms with Crippen LogP contribution in [-0.4, -0.2) is 7.11 Å². The largest absolute Gasteiger partial charge is 0.495 e. The van der Waals surface area contributed by atoms with Crippen LogP contribution >= 0.6 is 24.2 Å².